The lowest BCUT2D eigenvalue weighted by Crippen LogP contribution is -2.50. The van der Waals surface area contributed by atoms with E-state index in [2.05, 4.69) is 4.98 Å². The van der Waals surface area contributed by atoms with Gasteiger partial charge in [-0.1, -0.05) is 12.1 Å². The van der Waals surface area contributed by atoms with Gasteiger partial charge >= 0.3 is 0 Å². The minimum atomic E-state index is -4.15. The van der Waals surface area contributed by atoms with Gasteiger partial charge in [-0.05, 0) is 36.8 Å². The molecule has 2 aromatic carbocycles. The minimum Gasteiger partial charge on any atom is -0.335 e. The fraction of sp³-hybridized carbons (Fsp3) is 0.273. The summed E-state index contributed by atoms with van der Waals surface area (Å²) in [5.74, 6) is -2.59. The first-order valence-corrected chi connectivity index (χ1v) is 12.4. The predicted molar refractivity (Wildman–Crippen MR) is 117 cm³/mol. The topological polar surface area (TPSA) is 70.6 Å². The lowest BCUT2D eigenvalue weighted by molar-refractivity contribution is 0.0701. The van der Waals surface area contributed by atoms with E-state index in [0.29, 0.717) is 23.1 Å². The molecule has 0 aliphatic carbocycles. The number of benzene rings is 2. The van der Waals surface area contributed by atoms with E-state index in [1.807, 2.05) is 0 Å². The van der Waals surface area contributed by atoms with Gasteiger partial charge in [-0.3, -0.25) is 4.79 Å². The Balaban J connectivity index is 1.43. The molecular weight excluding hydrogens is 475 g/mol. The van der Waals surface area contributed by atoms with Gasteiger partial charge in [0.05, 0.1) is 10.7 Å². The van der Waals surface area contributed by atoms with Crippen LogP contribution in [0.2, 0.25) is 0 Å². The number of carbonyl (C=O) groups excluding carboxylic acids is 1. The molecule has 1 fully saturated rings. The van der Waals surface area contributed by atoms with Crippen molar-refractivity contribution in [3.05, 3.63) is 81.1 Å². The number of halogens is 3. The summed E-state index contributed by atoms with van der Waals surface area (Å²) in [4.78, 5) is 18.9. The van der Waals surface area contributed by atoms with Gasteiger partial charge in [-0.15, -0.1) is 11.3 Å². The monoisotopic (exact) mass is 495 g/mol. The van der Waals surface area contributed by atoms with Gasteiger partial charge in [0.1, 0.15) is 27.2 Å². The van der Waals surface area contributed by atoms with Gasteiger partial charge in [-0.25, -0.2) is 26.6 Å². The highest BCUT2D eigenvalue weighted by molar-refractivity contribution is 7.89. The molecule has 1 aliphatic heterocycles. The van der Waals surface area contributed by atoms with Crippen LogP contribution in [0, 0.1) is 24.4 Å². The number of hydrogen-bond donors (Lipinski definition) is 0. The number of sulfonamides is 1. The summed E-state index contributed by atoms with van der Waals surface area (Å²) >= 11 is 1.25. The van der Waals surface area contributed by atoms with E-state index in [0.717, 1.165) is 27.0 Å². The fourth-order valence-electron chi connectivity index (χ4n) is 3.60. The quantitative estimate of drug-likeness (QED) is 0.542. The first-order valence-electron chi connectivity index (χ1n) is 10.1. The highest BCUT2D eigenvalue weighted by Gasteiger charge is 2.33. The molecule has 3 aromatic rings. The third kappa shape index (κ3) is 4.94. The van der Waals surface area contributed by atoms with Crippen LogP contribution in [0.5, 0.6) is 0 Å². The van der Waals surface area contributed by atoms with Gasteiger partial charge in [0.2, 0.25) is 10.0 Å². The Hall–Kier alpha value is -2.76. The van der Waals surface area contributed by atoms with Gasteiger partial charge in [0.25, 0.3) is 5.91 Å². The highest BCUT2D eigenvalue weighted by atomic mass is 32.2. The van der Waals surface area contributed by atoms with E-state index in [4.69, 9.17) is 0 Å². The van der Waals surface area contributed by atoms with Gasteiger partial charge in [0.15, 0.2) is 0 Å². The molecule has 2 heterocycles. The largest absolute Gasteiger partial charge is 0.335 e. The smallest absolute Gasteiger partial charge is 0.265 e. The average Bonchev–Trinajstić information content (AvgIpc) is 3.14. The summed E-state index contributed by atoms with van der Waals surface area (Å²) in [6.07, 6.45) is 0.467. The average molecular weight is 496 g/mol. The molecule has 0 radical (unpaired) electrons. The number of thiazole rings is 1. The van der Waals surface area contributed by atoms with Crippen LogP contribution in [0.25, 0.3) is 0 Å². The van der Waals surface area contributed by atoms with E-state index in [1.165, 1.54) is 28.4 Å². The minimum absolute atomic E-state index is 0.00875. The summed E-state index contributed by atoms with van der Waals surface area (Å²) in [6, 6.07) is 8.39. The van der Waals surface area contributed by atoms with E-state index in [-0.39, 0.29) is 37.9 Å². The van der Waals surface area contributed by atoms with Gasteiger partial charge < -0.3 is 4.90 Å². The third-order valence-corrected chi connectivity index (χ3v) is 8.42. The van der Waals surface area contributed by atoms with Gasteiger partial charge in [-0.2, -0.15) is 4.31 Å². The Labute approximate surface area is 193 Å². The number of aromatic nitrogens is 1. The van der Waals surface area contributed by atoms with Crippen molar-refractivity contribution in [2.75, 3.05) is 26.2 Å². The molecule has 0 spiro atoms. The molecule has 1 aromatic heterocycles. The van der Waals surface area contributed by atoms with Crippen LogP contribution in [-0.2, 0) is 16.4 Å². The van der Waals surface area contributed by atoms with Crippen LogP contribution in [0.1, 0.15) is 25.9 Å². The molecule has 0 saturated carbocycles. The normalized spacial score (nSPS) is 15.1. The van der Waals surface area contributed by atoms with Crippen molar-refractivity contribution in [1.82, 2.24) is 14.2 Å². The van der Waals surface area contributed by atoms with Crippen molar-refractivity contribution in [3.63, 3.8) is 0 Å². The van der Waals surface area contributed by atoms with Crippen LogP contribution in [0.15, 0.2) is 47.4 Å². The molecule has 33 heavy (non-hydrogen) atoms. The Morgan fingerprint density at radius 1 is 1.00 bits per heavy atom. The number of hydrogen-bond acceptors (Lipinski definition) is 5. The van der Waals surface area contributed by atoms with Crippen molar-refractivity contribution in [2.45, 2.75) is 18.2 Å². The third-order valence-electron chi connectivity index (χ3n) is 5.34. The second kappa shape index (κ2) is 9.24. The number of nitrogens with zero attached hydrogens (tertiary/aromatic N) is 3. The Morgan fingerprint density at radius 2 is 1.64 bits per heavy atom. The standard InChI is InChI=1S/C22H20F3N3O3S2/c1-14-21(32-20(26-14)12-15-2-4-16(23)5-3-15)22(29)27-8-10-28(11-9-27)33(30,31)19-7-6-17(24)13-18(19)25/h2-7,13H,8-12H2,1H3. The van der Waals surface area contributed by atoms with E-state index < -0.39 is 26.6 Å². The zero-order chi connectivity index (χ0) is 23.8. The number of amides is 1. The molecule has 11 heteroatoms. The molecule has 1 saturated heterocycles. The van der Waals surface area contributed by atoms with Crippen molar-refractivity contribution < 1.29 is 26.4 Å². The molecule has 4 rings (SSSR count). The molecule has 6 nitrogen and oxygen atoms in total. The number of rotatable bonds is 5. The van der Waals surface area contributed by atoms with E-state index >= 15 is 0 Å². The molecule has 0 atom stereocenters. The molecule has 1 amide bonds. The van der Waals surface area contributed by atoms with Gasteiger partial charge in [0, 0.05) is 38.7 Å². The molecular formula is C22H20F3N3O3S2. The Kier molecular flexibility index (Phi) is 6.55. The SMILES string of the molecule is Cc1nc(Cc2ccc(F)cc2)sc1C(=O)N1CCN(S(=O)(=O)c2ccc(F)cc2F)CC1. The van der Waals surface area contributed by atoms with Crippen LogP contribution in [-0.4, -0.2) is 54.7 Å². The summed E-state index contributed by atoms with van der Waals surface area (Å²) in [6.45, 7) is 1.98. The second-order valence-electron chi connectivity index (χ2n) is 7.60. The first kappa shape index (κ1) is 23.4. The highest BCUT2D eigenvalue weighted by Crippen LogP contribution is 2.25. The predicted octanol–water partition coefficient (Wildman–Crippen LogP) is 3.61. The van der Waals surface area contributed by atoms with Crippen molar-refractivity contribution in [3.8, 4) is 0 Å². The Bertz CT molecular complexity index is 1290. The maximum Gasteiger partial charge on any atom is 0.265 e. The number of carbonyl (C=O) groups is 1. The van der Waals surface area contributed by atoms with Crippen molar-refractivity contribution in [2.24, 2.45) is 0 Å². The van der Waals surface area contributed by atoms with Crippen molar-refractivity contribution in [1.29, 1.82) is 0 Å². The molecule has 0 N–H and O–H groups in total. The van der Waals surface area contributed by atoms with Crippen molar-refractivity contribution >= 4 is 27.3 Å². The number of piperazine rings is 1. The van der Waals surface area contributed by atoms with E-state index in [9.17, 15) is 26.4 Å². The molecule has 1 aliphatic rings. The second-order valence-corrected chi connectivity index (χ2v) is 10.6. The fourth-order valence-corrected chi connectivity index (χ4v) is 6.14. The summed E-state index contributed by atoms with van der Waals surface area (Å²) in [5, 5.41) is 0.718. The molecule has 174 valence electrons. The summed E-state index contributed by atoms with van der Waals surface area (Å²) in [5.41, 5.74) is 1.45. The van der Waals surface area contributed by atoms with Crippen LogP contribution in [0.3, 0.4) is 0 Å². The maximum absolute atomic E-state index is 14.0. The van der Waals surface area contributed by atoms with E-state index in [1.54, 1.807) is 19.1 Å². The lowest BCUT2D eigenvalue weighted by atomic mass is 10.1. The summed E-state index contributed by atoms with van der Waals surface area (Å²) < 4.78 is 66.8. The zero-order valence-corrected chi connectivity index (χ0v) is 19.2. The summed E-state index contributed by atoms with van der Waals surface area (Å²) in [7, 11) is -4.15. The van der Waals surface area contributed by atoms with Crippen LogP contribution >= 0.6 is 11.3 Å². The molecule has 0 unspecified atom stereocenters. The number of aryl methyl sites for hydroxylation is 1. The lowest BCUT2D eigenvalue weighted by Gasteiger charge is -2.33. The molecule has 0 bridgehead atoms. The zero-order valence-electron chi connectivity index (χ0n) is 17.6. The first-order chi connectivity index (χ1) is 15.6. The Morgan fingerprint density at radius 3 is 2.27 bits per heavy atom. The van der Waals surface area contributed by atoms with Crippen LogP contribution in [0.4, 0.5) is 13.2 Å². The van der Waals surface area contributed by atoms with Crippen LogP contribution < -0.4 is 0 Å². The maximum atomic E-state index is 14.0.